The monoisotopic (exact) mass is 511 g/mol. The van der Waals surface area contributed by atoms with E-state index in [-0.39, 0.29) is 42.4 Å². The van der Waals surface area contributed by atoms with E-state index >= 15 is 0 Å². The number of hydrogen-bond donors (Lipinski definition) is 1. The van der Waals surface area contributed by atoms with Crippen LogP contribution in [0.5, 0.6) is 11.5 Å². The Hall–Kier alpha value is -3.27. The second-order valence-electron chi connectivity index (χ2n) is 9.14. The van der Waals surface area contributed by atoms with Crippen molar-refractivity contribution in [1.29, 1.82) is 0 Å². The molecule has 2 aliphatic heterocycles. The lowest BCUT2D eigenvalue weighted by Crippen LogP contribution is -2.59. The Morgan fingerprint density at radius 1 is 0.917 bits per heavy atom. The Kier molecular flexibility index (Phi) is 6.79. The zero-order valence-corrected chi connectivity index (χ0v) is 20.2. The minimum Gasteiger partial charge on any atom is -0.459 e. The van der Waals surface area contributed by atoms with Crippen LogP contribution in [0.3, 0.4) is 0 Å². The lowest BCUT2D eigenvalue weighted by Gasteiger charge is -2.38. The number of benzene rings is 3. The summed E-state index contributed by atoms with van der Waals surface area (Å²) in [5, 5.41) is 0. The van der Waals surface area contributed by atoms with Crippen molar-refractivity contribution in [3.05, 3.63) is 90.2 Å². The van der Waals surface area contributed by atoms with Gasteiger partial charge in [-0.15, -0.1) is 0 Å². The highest BCUT2D eigenvalue weighted by atomic mass is 32.2. The van der Waals surface area contributed by atoms with E-state index in [0.717, 1.165) is 18.4 Å². The van der Waals surface area contributed by atoms with Gasteiger partial charge in [-0.3, -0.25) is 4.79 Å². The second-order valence-corrected chi connectivity index (χ2v) is 10.8. The van der Waals surface area contributed by atoms with Crippen molar-refractivity contribution in [1.82, 2.24) is 4.72 Å². The number of rotatable bonds is 8. The smallest absolute Gasteiger partial charge is 0.327 e. The summed E-state index contributed by atoms with van der Waals surface area (Å²) in [6.07, 6.45) is 1.55. The first-order chi connectivity index (χ1) is 17.3. The van der Waals surface area contributed by atoms with Crippen LogP contribution in [0.15, 0.2) is 83.8 Å². The summed E-state index contributed by atoms with van der Waals surface area (Å²) in [6.45, 7) is 0.0504. The molecule has 0 radical (unpaired) electrons. The van der Waals surface area contributed by atoms with Gasteiger partial charge in [0.1, 0.15) is 29.5 Å². The highest BCUT2D eigenvalue weighted by Crippen LogP contribution is 2.40. The number of carbonyl (C=O) groups excluding carboxylic acids is 1. The number of esters is 1. The van der Waals surface area contributed by atoms with Crippen LogP contribution >= 0.6 is 0 Å². The van der Waals surface area contributed by atoms with Crippen molar-refractivity contribution < 1.29 is 31.8 Å². The first kappa shape index (κ1) is 24.4. The van der Waals surface area contributed by atoms with E-state index in [4.69, 9.17) is 14.2 Å². The molecule has 1 unspecified atom stereocenters. The molecule has 3 aromatic rings. The molecule has 9 heteroatoms. The van der Waals surface area contributed by atoms with Gasteiger partial charge in [0.25, 0.3) is 0 Å². The standard InChI is InChI=1S/C27H26FNO6S/c28-20-6-8-21(9-7-20)34-22-12-14-25(15-13-22)36(31,32)29-27(16-23-10-11-24(17-27)35-23)26(30)33-18-19-4-2-1-3-5-19/h1-9,12-15,23-24,29H,10-11,16-18H2/t23-,24+,27?. The molecule has 0 saturated carbocycles. The van der Waals surface area contributed by atoms with Gasteiger partial charge in [-0.1, -0.05) is 30.3 Å². The highest BCUT2D eigenvalue weighted by Gasteiger charge is 2.52. The van der Waals surface area contributed by atoms with Gasteiger partial charge in [-0.05, 0) is 66.9 Å². The molecule has 2 heterocycles. The van der Waals surface area contributed by atoms with E-state index in [2.05, 4.69) is 4.72 Å². The van der Waals surface area contributed by atoms with E-state index in [9.17, 15) is 17.6 Å². The Morgan fingerprint density at radius 2 is 1.50 bits per heavy atom. The molecule has 2 fully saturated rings. The molecular weight excluding hydrogens is 485 g/mol. The molecular formula is C27H26FNO6S. The Bertz CT molecular complexity index is 1300. The average Bonchev–Trinajstić information content (AvgIpc) is 3.23. The molecule has 0 spiro atoms. The molecule has 0 amide bonds. The van der Waals surface area contributed by atoms with Crippen LogP contribution in [0.1, 0.15) is 31.2 Å². The van der Waals surface area contributed by atoms with E-state index in [1.807, 2.05) is 30.3 Å². The maximum atomic E-state index is 13.4. The largest absolute Gasteiger partial charge is 0.459 e. The van der Waals surface area contributed by atoms with Crippen molar-refractivity contribution in [2.75, 3.05) is 0 Å². The van der Waals surface area contributed by atoms with E-state index in [1.54, 1.807) is 0 Å². The van der Waals surface area contributed by atoms with Gasteiger partial charge in [0.15, 0.2) is 0 Å². The fourth-order valence-electron chi connectivity index (χ4n) is 4.74. The number of hydrogen-bond acceptors (Lipinski definition) is 6. The average molecular weight is 512 g/mol. The summed E-state index contributed by atoms with van der Waals surface area (Å²) >= 11 is 0. The highest BCUT2D eigenvalue weighted by molar-refractivity contribution is 7.89. The van der Waals surface area contributed by atoms with Crippen molar-refractivity contribution in [3.63, 3.8) is 0 Å². The number of sulfonamides is 1. The molecule has 188 valence electrons. The van der Waals surface area contributed by atoms with Crippen LogP contribution in [0, 0.1) is 5.82 Å². The zero-order valence-electron chi connectivity index (χ0n) is 19.4. The first-order valence-electron chi connectivity index (χ1n) is 11.8. The van der Waals surface area contributed by atoms with Crippen LogP contribution in [0.25, 0.3) is 0 Å². The third-order valence-corrected chi connectivity index (χ3v) is 8.02. The topological polar surface area (TPSA) is 90.9 Å². The molecule has 0 aliphatic carbocycles. The summed E-state index contributed by atoms with van der Waals surface area (Å²) in [5.74, 6) is -0.177. The van der Waals surface area contributed by atoms with Crippen LogP contribution in [-0.4, -0.2) is 32.1 Å². The molecule has 36 heavy (non-hydrogen) atoms. The number of nitrogens with one attached hydrogen (secondary N) is 1. The maximum absolute atomic E-state index is 13.4. The molecule has 2 saturated heterocycles. The zero-order chi connectivity index (χ0) is 25.2. The summed E-state index contributed by atoms with van der Waals surface area (Å²) in [6, 6.07) is 20.6. The summed E-state index contributed by atoms with van der Waals surface area (Å²) in [7, 11) is -4.07. The van der Waals surface area contributed by atoms with Crippen molar-refractivity contribution in [2.24, 2.45) is 0 Å². The molecule has 3 aromatic carbocycles. The van der Waals surface area contributed by atoms with E-state index in [0.29, 0.717) is 11.5 Å². The molecule has 1 N–H and O–H groups in total. The first-order valence-corrected chi connectivity index (χ1v) is 13.2. The van der Waals surface area contributed by atoms with Crippen molar-refractivity contribution >= 4 is 16.0 Å². The van der Waals surface area contributed by atoms with Gasteiger partial charge in [0.2, 0.25) is 10.0 Å². The van der Waals surface area contributed by atoms with Crippen LogP contribution < -0.4 is 9.46 Å². The van der Waals surface area contributed by atoms with Gasteiger partial charge in [0, 0.05) is 12.8 Å². The minimum absolute atomic E-state index is 0.0111. The van der Waals surface area contributed by atoms with E-state index in [1.165, 1.54) is 48.5 Å². The molecule has 2 aliphatic rings. The number of fused-ring (bicyclic) bond motifs is 2. The Balaban J connectivity index is 1.34. The predicted molar refractivity (Wildman–Crippen MR) is 129 cm³/mol. The molecule has 2 bridgehead atoms. The van der Waals surface area contributed by atoms with E-state index < -0.39 is 21.5 Å². The van der Waals surface area contributed by atoms with Gasteiger partial charge in [-0.2, -0.15) is 4.72 Å². The number of ether oxygens (including phenoxy) is 3. The van der Waals surface area contributed by atoms with Gasteiger partial charge < -0.3 is 14.2 Å². The van der Waals surface area contributed by atoms with Gasteiger partial charge >= 0.3 is 5.97 Å². The van der Waals surface area contributed by atoms with Crippen molar-refractivity contribution in [2.45, 2.75) is 54.9 Å². The van der Waals surface area contributed by atoms with Crippen LogP contribution in [0.2, 0.25) is 0 Å². The quantitative estimate of drug-likeness (QED) is 0.440. The predicted octanol–water partition coefficient (Wildman–Crippen LogP) is 4.72. The van der Waals surface area contributed by atoms with Crippen molar-refractivity contribution in [3.8, 4) is 11.5 Å². The fourth-order valence-corrected chi connectivity index (χ4v) is 6.11. The molecule has 3 atom stereocenters. The Morgan fingerprint density at radius 3 is 2.11 bits per heavy atom. The fraction of sp³-hybridized carbons (Fsp3) is 0.296. The lowest BCUT2D eigenvalue weighted by molar-refractivity contribution is -0.159. The lowest BCUT2D eigenvalue weighted by atomic mass is 9.87. The Labute approximate surface area is 209 Å². The number of carbonyl (C=O) groups is 1. The molecule has 0 aromatic heterocycles. The molecule has 5 rings (SSSR count). The SMILES string of the molecule is O=C(OCc1ccccc1)C1(NS(=O)(=O)c2ccc(Oc3ccc(F)cc3)cc2)C[C@H]2CC[C@@H](C1)O2. The summed E-state index contributed by atoms with van der Waals surface area (Å²) < 4.78 is 59.7. The normalized spacial score (nSPS) is 23.2. The number of halogens is 1. The van der Waals surface area contributed by atoms with Crippen LogP contribution in [0.4, 0.5) is 4.39 Å². The minimum atomic E-state index is -4.07. The van der Waals surface area contributed by atoms with Crippen LogP contribution in [-0.2, 0) is 30.9 Å². The maximum Gasteiger partial charge on any atom is 0.327 e. The van der Waals surface area contributed by atoms with Gasteiger partial charge in [0.05, 0.1) is 17.1 Å². The third kappa shape index (κ3) is 5.43. The summed E-state index contributed by atoms with van der Waals surface area (Å²) in [4.78, 5) is 13.3. The summed E-state index contributed by atoms with van der Waals surface area (Å²) in [5.41, 5.74) is -0.600. The third-order valence-electron chi connectivity index (χ3n) is 6.46. The molecule has 7 nitrogen and oxygen atoms in total. The van der Waals surface area contributed by atoms with Gasteiger partial charge in [-0.25, -0.2) is 12.8 Å². The second kappa shape index (κ2) is 10.0.